The highest BCUT2D eigenvalue weighted by molar-refractivity contribution is 4.82. The summed E-state index contributed by atoms with van der Waals surface area (Å²) in [5.74, 6) is 0. The van der Waals surface area contributed by atoms with Gasteiger partial charge in [-0.2, -0.15) is 0 Å². The second-order valence-electron chi connectivity index (χ2n) is 13.8. The van der Waals surface area contributed by atoms with Gasteiger partial charge >= 0.3 is 0 Å². The first kappa shape index (κ1) is 40.8. The van der Waals surface area contributed by atoms with Crippen LogP contribution in [0.4, 0.5) is 0 Å². The summed E-state index contributed by atoms with van der Waals surface area (Å²) in [6.45, 7) is 4.62. The summed E-state index contributed by atoms with van der Waals surface area (Å²) in [6.07, 6.45) is 35.6. The average Bonchev–Trinajstić information content (AvgIpc) is 3.00. The lowest BCUT2D eigenvalue weighted by molar-refractivity contribution is 0.0133. The molecule has 0 saturated heterocycles. The second kappa shape index (κ2) is 29.9. The van der Waals surface area contributed by atoms with Crippen LogP contribution in [-0.4, -0.2) is 46.9 Å². The van der Waals surface area contributed by atoms with E-state index in [-0.39, 0.29) is 26.4 Å². The van der Waals surface area contributed by atoms with Crippen molar-refractivity contribution in [2.75, 3.05) is 26.4 Å². The zero-order valence-electron chi connectivity index (χ0n) is 28.1. The Bertz CT molecular complexity index is 457. The molecule has 0 aromatic rings. The number of hydrogen-bond acceptors (Lipinski definition) is 4. The first-order valence-corrected chi connectivity index (χ1v) is 18.5. The van der Waals surface area contributed by atoms with Gasteiger partial charge in [0.05, 0.1) is 26.4 Å². The largest absolute Gasteiger partial charge is 0.396 e. The summed E-state index contributed by atoms with van der Waals surface area (Å²) in [5, 5.41) is 40.7. The first-order valence-electron chi connectivity index (χ1n) is 18.5. The van der Waals surface area contributed by atoms with Crippen LogP contribution in [0.15, 0.2) is 0 Å². The number of rotatable bonds is 34. The van der Waals surface area contributed by atoms with Crippen LogP contribution in [-0.2, 0) is 0 Å². The predicted molar refractivity (Wildman–Crippen MR) is 178 cm³/mol. The maximum absolute atomic E-state index is 10.2. The summed E-state index contributed by atoms with van der Waals surface area (Å²) in [7, 11) is 0. The third-order valence-electron chi connectivity index (χ3n) is 9.88. The lowest BCUT2D eigenvalue weighted by Crippen LogP contribution is -2.33. The third-order valence-corrected chi connectivity index (χ3v) is 9.88. The molecule has 41 heavy (non-hydrogen) atoms. The van der Waals surface area contributed by atoms with Crippen molar-refractivity contribution in [1.82, 2.24) is 0 Å². The van der Waals surface area contributed by atoms with Gasteiger partial charge in [0.2, 0.25) is 0 Å². The Morgan fingerprint density at radius 1 is 0.268 bits per heavy atom. The Labute approximate surface area is 257 Å². The highest BCUT2D eigenvalue weighted by Gasteiger charge is 2.32. The smallest absolute Gasteiger partial charge is 0.0509 e. The van der Waals surface area contributed by atoms with Gasteiger partial charge in [-0.25, -0.2) is 0 Å². The molecule has 0 saturated carbocycles. The van der Waals surface area contributed by atoms with Gasteiger partial charge in [0, 0.05) is 10.8 Å². The zero-order valence-corrected chi connectivity index (χ0v) is 28.1. The second-order valence-corrected chi connectivity index (χ2v) is 13.8. The van der Waals surface area contributed by atoms with Gasteiger partial charge in [-0.3, -0.25) is 0 Å². The third kappa shape index (κ3) is 23.0. The van der Waals surface area contributed by atoms with Crippen molar-refractivity contribution in [1.29, 1.82) is 0 Å². The monoisotopic (exact) mass is 585 g/mol. The van der Waals surface area contributed by atoms with E-state index in [4.69, 9.17) is 0 Å². The Morgan fingerprint density at radius 3 is 0.683 bits per heavy atom. The number of hydrogen-bond donors (Lipinski definition) is 4. The molecule has 0 amide bonds. The molecule has 4 heteroatoms. The molecule has 0 aliphatic rings. The Morgan fingerprint density at radius 2 is 0.463 bits per heavy atom. The summed E-state index contributed by atoms with van der Waals surface area (Å²) in [6, 6.07) is 0. The molecule has 0 heterocycles. The highest BCUT2D eigenvalue weighted by atomic mass is 16.3. The van der Waals surface area contributed by atoms with Gasteiger partial charge in [-0.1, -0.05) is 174 Å². The van der Waals surface area contributed by atoms with Crippen molar-refractivity contribution in [2.24, 2.45) is 10.8 Å². The van der Waals surface area contributed by atoms with E-state index >= 15 is 0 Å². The molecular weight excluding hydrogens is 508 g/mol. The fraction of sp³-hybridized carbons (Fsp3) is 1.00. The summed E-state index contributed by atoms with van der Waals surface area (Å²) < 4.78 is 0. The van der Waals surface area contributed by atoms with E-state index in [1.807, 2.05) is 0 Å². The van der Waals surface area contributed by atoms with Crippen molar-refractivity contribution in [3.8, 4) is 0 Å². The average molecular weight is 585 g/mol. The topological polar surface area (TPSA) is 80.9 Å². The molecule has 0 fully saturated rings. The van der Waals surface area contributed by atoms with E-state index in [0.29, 0.717) is 0 Å². The summed E-state index contributed by atoms with van der Waals surface area (Å²) >= 11 is 0. The minimum Gasteiger partial charge on any atom is -0.396 e. The predicted octanol–water partition coefficient (Wildman–Crippen LogP) is 10.3. The van der Waals surface area contributed by atoms with Gasteiger partial charge < -0.3 is 20.4 Å². The van der Waals surface area contributed by atoms with Crippen LogP contribution >= 0.6 is 0 Å². The molecule has 0 aromatic heterocycles. The van der Waals surface area contributed by atoms with Crippen molar-refractivity contribution in [2.45, 2.75) is 200 Å². The van der Waals surface area contributed by atoms with Gasteiger partial charge in [0.15, 0.2) is 0 Å². The van der Waals surface area contributed by atoms with E-state index in [1.54, 1.807) is 0 Å². The fourth-order valence-corrected chi connectivity index (χ4v) is 6.50. The summed E-state index contributed by atoms with van der Waals surface area (Å²) in [5.41, 5.74) is -0.851. The normalized spacial score (nSPS) is 12.4. The van der Waals surface area contributed by atoms with E-state index in [1.165, 1.54) is 141 Å². The number of aliphatic hydroxyl groups excluding tert-OH is 4. The lowest BCUT2D eigenvalue weighted by atomic mass is 9.74. The quantitative estimate of drug-likeness (QED) is 0.0567. The molecule has 0 unspecified atom stereocenters. The number of unbranched alkanes of at least 4 members (excludes halogenated alkanes) is 22. The minimum absolute atomic E-state index is 0.0194. The van der Waals surface area contributed by atoms with Crippen molar-refractivity contribution >= 4 is 0 Å². The molecule has 0 bridgehead atoms. The first-order chi connectivity index (χ1) is 20.1. The van der Waals surface area contributed by atoms with E-state index in [0.717, 1.165) is 44.9 Å². The Hall–Kier alpha value is -0.160. The van der Waals surface area contributed by atoms with Gasteiger partial charge in [0.1, 0.15) is 0 Å². The number of aliphatic hydroxyl groups is 4. The van der Waals surface area contributed by atoms with Crippen LogP contribution in [0, 0.1) is 10.8 Å². The van der Waals surface area contributed by atoms with Crippen molar-refractivity contribution < 1.29 is 20.4 Å². The molecular formula is C37H76O4. The lowest BCUT2D eigenvalue weighted by Gasteiger charge is -2.34. The minimum atomic E-state index is -0.425. The molecule has 0 aromatic carbocycles. The van der Waals surface area contributed by atoms with Crippen molar-refractivity contribution in [3.63, 3.8) is 0 Å². The molecule has 0 rings (SSSR count). The molecule has 0 aliphatic heterocycles. The Balaban J connectivity index is 4.08. The maximum atomic E-state index is 10.2. The van der Waals surface area contributed by atoms with Gasteiger partial charge in [0.25, 0.3) is 0 Å². The molecule has 0 radical (unpaired) electrons. The molecule has 4 nitrogen and oxygen atoms in total. The molecule has 248 valence electrons. The van der Waals surface area contributed by atoms with Gasteiger partial charge in [-0.05, 0) is 25.7 Å². The van der Waals surface area contributed by atoms with Crippen LogP contribution in [0.1, 0.15) is 200 Å². The summed E-state index contributed by atoms with van der Waals surface area (Å²) in [4.78, 5) is 0. The molecule has 0 aliphatic carbocycles. The van der Waals surface area contributed by atoms with E-state index in [2.05, 4.69) is 13.8 Å². The van der Waals surface area contributed by atoms with Crippen LogP contribution in [0.2, 0.25) is 0 Å². The van der Waals surface area contributed by atoms with Crippen molar-refractivity contribution in [3.05, 3.63) is 0 Å². The van der Waals surface area contributed by atoms with Crippen LogP contribution in [0.3, 0.4) is 0 Å². The highest BCUT2D eigenvalue weighted by Crippen LogP contribution is 2.36. The van der Waals surface area contributed by atoms with Crippen LogP contribution < -0.4 is 0 Å². The molecule has 0 atom stereocenters. The molecule has 0 spiro atoms. The standard InChI is InChI=1S/C37H76O4/c1-3-5-7-9-11-13-15-17-19-21-23-25-28-36(32-38,33-39)30-27-31-37(34-40,35-41)29-26-24-22-20-18-16-14-12-10-8-6-4-2/h38-41H,3-35H2,1-2H3. The van der Waals surface area contributed by atoms with Crippen LogP contribution in [0.5, 0.6) is 0 Å². The molecule has 4 N–H and O–H groups in total. The van der Waals surface area contributed by atoms with E-state index < -0.39 is 10.8 Å². The van der Waals surface area contributed by atoms with E-state index in [9.17, 15) is 20.4 Å². The van der Waals surface area contributed by atoms with Crippen LogP contribution in [0.25, 0.3) is 0 Å². The zero-order chi connectivity index (χ0) is 30.3. The maximum Gasteiger partial charge on any atom is 0.0509 e. The Kier molecular flexibility index (Phi) is 29.8. The SMILES string of the molecule is CCCCCCCCCCCCCCC(CO)(CO)CCCC(CO)(CO)CCCCCCCCCCCCCC. The fourth-order valence-electron chi connectivity index (χ4n) is 6.50. The van der Waals surface area contributed by atoms with Gasteiger partial charge in [-0.15, -0.1) is 0 Å².